The molecule has 0 amide bonds. The van der Waals surface area contributed by atoms with Gasteiger partial charge >= 0.3 is 5.97 Å². The fraction of sp³-hybridized carbons (Fsp3) is 0.267. The minimum atomic E-state index is -0.890. The van der Waals surface area contributed by atoms with Gasteiger partial charge in [0, 0.05) is 22.0 Å². The van der Waals surface area contributed by atoms with Crippen LogP contribution >= 0.6 is 11.3 Å². The molecule has 2 rings (SSSR count). The second-order valence-electron chi connectivity index (χ2n) is 4.63. The second kappa shape index (κ2) is 5.45. The number of nitrogens with one attached hydrogen (secondary N) is 1. The van der Waals surface area contributed by atoms with Crippen LogP contribution in [-0.4, -0.2) is 11.1 Å². The van der Waals surface area contributed by atoms with Crippen LogP contribution in [0.5, 0.6) is 0 Å². The van der Waals surface area contributed by atoms with Crippen LogP contribution in [0.3, 0.4) is 0 Å². The zero-order valence-corrected chi connectivity index (χ0v) is 12.1. The molecular formula is C15H17NO2S. The lowest BCUT2D eigenvalue weighted by atomic mass is 10.1. The molecule has 0 atom stereocenters. The number of carboxylic acid groups (broad SMARTS) is 1. The number of benzene rings is 1. The van der Waals surface area contributed by atoms with Crippen LogP contribution in [0.25, 0.3) is 0 Å². The van der Waals surface area contributed by atoms with E-state index in [-0.39, 0.29) is 0 Å². The molecule has 4 heteroatoms. The average molecular weight is 275 g/mol. The highest BCUT2D eigenvalue weighted by molar-refractivity contribution is 7.12. The minimum absolute atomic E-state index is 0.325. The highest BCUT2D eigenvalue weighted by Gasteiger charge is 2.07. The van der Waals surface area contributed by atoms with Crippen molar-refractivity contribution >= 4 is 23.0 Å². The van der Waals surface area contributed by atoms with Crippen LogP contribution < -0.4 is 5.32 Å². The number of thiophene rings is 1. The van der Waals surface area contributed by atoms with E-state index in [1.807, 2.05) is 13.0 Å². The lowest BCUT2D eigenvalue weighted by molar-refractivity contribution is 0.0697. The molecular weight excluding hydrogens is 258 g/mol. The van der Waals surface area contributed by atoms with Gasteiger partial charge in [0.1, 0.15) is 0 Å². The standard InChI is InChI=1S/C15H17NO2S/c1-9-6-12(15(17)18)4-5-14(9)16-8-13-7-10(2)19-11(13)3/h4-7,16H,8H2,1-3H3,(H,17,18). The first kappa shape index (κ1) is 13.6. The van der Waals surface area contributed by atoms with E-state index in [0.717, 1.165) is 17.8 Å². The molecule has 0 unspecified atom stereocenters. The molecule has 0 aliphatic heterocycles. The van der Waals surface area contributed by atoms with Crippen molar-refractivity contribution in [1.82, 2.24) is 0 Å². The molecule has 0 aliphatic carbocycles. The maximum Gasteiger partial charge on any atom is 0.335 e. The van der Waals surface area contributed by atoms with Crippen LogP contribution in [0, 0.1) is 20.8 Å². The zero-order chi connectivity index (χ0) is 14.0. The second-order valence-corrected chi connectivity index (χ2v) is 6.09. The number of anilines is 1. The van der Waals surface area contributed by atoms with Crippen molar-refractivity contribution in [2.75, 3.05) is 5.32 Å². The predicted molar refractivity (Wildman–Crippen MR) is 79.3 cm³/mol. The van der Waals surface area contributed by atoms with Crippen molar-refractivity contribution in [2.24, 2.45) is 0 Å². The van der Waals surface area contributed by atoms with Gasteiger partial charge in [-0.2, -0.15) is 0 Å². The molecule has 3 nitrogen and oxygen atoms in total. The quantitative estimate of drug-likeness (QED) is 0.887. The van der Waals surface area contributed by atoms with E-state index >= 15 is 0 Å². The Hall–Kier alpha value is -1.81. The number of hydrogen-bond acceptors (Lipinski definition) is 3. The van der Waals surface area contributed by atoms with Gasteiger partial charge in [-0.15, -0.1) is 11.3 Å². The lowest BCUT2D eigenvalue weighted by Gasteiger charge is -2.10. The normalized spacial score (nSPS) is 10.5. The molecule has 1 heterocycles. The summed E-state index contributed by atoms with van der Waals surface area (Å²) in [4.78, 5) is 13.5. The van der Waals surface area contributed by atoms with Crippen molar-refractivity contribution in [1.29, 1.82) is 0 Å². The molecule has 0 fully saturated rings. The summed E-state index contributed by atoms with van der Waals surface area (Å²) in [7, 11) is 0. The van der Waals surface area contributed by atoms with Gasteiger partial charge in [-0.1, -0.05) is 0 Å². The van der Waals surface area contributed by atoms with Crippen LogP contribution in [0.4, 0.5) is 5.69 Å². The van der Waals surface area contributed by atoms with Crippen molar-refractivity contribution < 1.29 is 9.90 Å². The van der Waals surface area contributed by atoms with Crippen molar-refractivity contribution in [2.45, 2.75) is 27.3 Å². The minimum Gasteiger partial charge on any atom is -0.478 e. The van der Waals surface area contributed by atoms with E-state index in [2.05, 4.69) is 25.2 Å². The van der Waals surface area contributed by atoms with E-state index in [9.17, 15) is 4.79 Å². The van der Waals surface area contributed by atoms with Gasteiger partial charge in [0.05, 0.1) is 5.56 Å². The number of carboxylic acids is 1. The van der Waals surface area contributed by atoms with Crippen molar-refractivity contribution in [3.63, 3.8) is 0 Å². The Morgan fingerprint density at radius 3 is 2.53 bits per heavy atom. The van der Waals surface area contributed by atoms with E-state index in [0.29, 0.717) is 5.56 Å². The number of aryl methyl sites for hydroxylation is 3. The molecule has 2 aromatic rings. The summed E-state index contributed by atoms with van der Waals surface area (Å²) in [5.74, 6) is -0.890. The highest BCUT2D eigenvalue weighted by atomic mass is 32.1. The van der Waals surface area contributed by atoms with E-state index in [1.54, 1.807) is 23.5 Å². The van der Waals surface area contributed by atoms with E-state index < -0.39 is 5.97 Å². The maximum atomic E-state index is 10.9. The first-order valence-electron chi connectivity index (χ1n) is 6.11. The van der Waals surface area contributed by atoms with Crippen LogP contribution in [0.2, 0.25) is 0 Å². The van der Waals surface area contributed by atoms with Gasteiger partial charge in [-0.3, -0.25) is 0 Å². The van der Waals surface area contributed by atoms with E-state index in [4.69, 9.17) is 5.11 Å². The molecule has 0 aliphatic rings. The summed E-state index contributed by atoms with van der Waals surface area (Å²) in [6, 6.07) is 7.33. The van der Waals surface area contributed by atoms with Crippen LogP contribution in [-0.2, 0) is 6.54 Å². The molecule has 19 heavy (non-hydrogen) atoms. The highest BCUT2D eigenvalue weighted by Crippen LogP contribution is 2.23. The van der Waals surface area contributed by atoms with Gasteiger partial charge < -0.3 is 10.4 Å². The summed E-state index contributed by atoms with van der Waals surface area (Å²) >= 11 is 1.80. The van der Waals surface area contributed by atoms with Gasteiger partial charge in [0.15, 0.2) is 0 Å². The van der Waals surface area contributed by atoms with Crippen molar-refractivity contribution in [3.8, 4) is 0 Å². The number of hydrogen-bond donors (Lipinski definition) is 2. The first-order chi connectivity index (χ1) is 8.97. The van der Waals surface area contributed by atoms with Crippen LogP contribution in [0.15, 0.2) is 24.3 Å². The zero-order valence-electron chi connectivity index (χ0n) is 11.3. The summed E-state index contributed by atoms with van der Waals surface area (Å²) in [5.41, 5.74) is 3.55. The third-order valence-electron chi connectivity index (χ3n) is 3.09. The van der Waals surface area contributed by atoms with Gasteiger partial charge in [0.25, 0.3) is 0 Å². The Kier molecular flexibility index (Phi) is 3.90. The first-order valence-corrected chi connectivity index (χ1v) is 6.92. The van der Waals surface area contributed by atoms with Crippen molar-refractivity contribution in [3.05, 3.63) is 50.7 Å². The summed E-state index contributed by atoms with van der Waals surface area (Å²) in [6.07, 6.45) is 0. The summed E-state index contributed by atoms with van der Waals surface area (Å²) in [6.45, 7) is 6.91. The smallest absolute Gasteiger partial charge is 0.335 e. The number of aromatic carboxylic acids is 1. The van der Waals surface area contributed by atoms with E-state index in [1.165, 1.54) is 15.3 Å². The predicted octanol–water partition coefficient (Wildman–Crippen LogP) is 3.98. The Bertz CT molecular complexity index is 617. The Morgan fingerprint density at radius 2 is 2.00 bits per heavy atom. The summed E-state index contributed by atoms with van der Waals surface area (Å²) < 4.78 is 0. The summed E-state index contributed by atoms with van der Waals surface area (Å²) in [5, 5.41) is 12.3. The van der Waals surface area contributed by atoms with Gasteiger partial charge in [-0.05, 0) is 56.2 Å². The van der Waals surface area contributed by atoms with Gasteiger partial charge in [0.2, 0.25) is 0 Å². The van der Waals surface area contributed by atoms with Crippen LogP contribution in [0.1, 0.15) is 31.2 Å². The Morgan fingerprint density at radius 1 is 1.26 bits per heavy atom. The molecule has 0 radical (unpaired) electrons. The third kappa shape index (κ3) is 3.15. The number of rotatable bonds is 4. The third-order valence-corrected chi connectivity index (χ3v) is 4.09. The lowest BCUT2D eigenvalue weighted by Crippen LogP contribution is -2.03. The fourth-order valence-corrected chi connectivity index (χ4v) is 2.99. The average Bonchev–Trinajstić information content (AvgIpc) is 2.66. The molecule has 0 spiro atoms. The SMILES string of the molecule is Cc1cc(CNc2ccc(C(=O)O)cc2C)c(C)s1. The molecule has 0 bridgehead atoms. The number of carbonyl (C=O) groups is 1. The fourth-order valence-electron chi connectivity index (χ4n) is 2.04. The Labute approximate surface area is 116 Å². The maximum absolute atomic E-state index is 10.9. The molecule has 1 aromatic heterocycles. The largest absolute Gasteiger partial charge is 0.478 e. The molecule has 0 saturated carbocycles. The molecule has 1 aromatic carbocycles. The molecule has 0 saturated heterocycles. The van der Waals surface area contributed by atoms with Gasteiger partial charge in [-0.25, -0.2) is 4.79 Å². The molecule has 100 valence electrons. The topological polar surface area (TPSA) is 49.3 Å². The monoisotopic (exact) mass is 275 g/mol. The molecule has 2 N–H and O–H groups in total. The Balaban J connectivity index is 2.12.